The van der Waals surface area contributed by atoms with Crippen LogP contribution < -0.4 is 4.90 Å². The zero-order valence-corrected chi connectivity index (χ0v) is 19.5. The highest BCUT2D eigenvalue weighted by atomic mass is 32.2. The number of hydrogen-bond acceptors (Lipinski definition) is 6. The van der Waals surface area contributed by atoms with Crippen LogP contribution in [0, 0.1) is 0 Å². The van der Waals surface area contributed by atoms with E-state index in [9.17, 15) is 13.2 Å². The summed E-state index contributed by atoms with van der Waals surface area (Å²) in [6.07, 6.45) is 5.91. The van der Waals surface area contributed by atoms with Crippen LogP contribution in [0.3, 0.4) is 0 Å². The van der Waals surface area contributed by atoms with E-state index in [1.807, 2.05) is 13.8 Å². The first-order valence-corrected chi connectivity index (χ1v) is 12.7. The first-order valence-electron chi connectivity index (χ1n) is 10.8. The van der Waals surface area contributed by atoms with Crippen LogP contribution in [-0.2, 0) is 16.3 Å². The van der Waals surface area contributed by atoms with Crippen LogP contribution in [0.5, 0.6) is 0 Å². The van der Waals surface area contributed by atoms with Gasteiger partial charge in [0.05, 0.1) is 28.3 Å². The number of fused-ring (bicyclic) bond motifs is 2. The summed E-state index contributed by atoms with van der Waals surface area (Å²) in [7, 11) is -3.32. The third kappa shape index (κ3) is 3.72. The molecule has 0 bridgehead atoms. The number of nitrogens with zero attached hydrogens (tertiary/aromatic N) is 4. The Kier molecular flexibility index (Phi) is 5.08. The van der Waals surface area contributed by atoms with Gasteiger partial charge >= 0.3 is 0 Å². The minimum atomic E-state index is -3.32. The maximum Gasteiger partial charge on any atom is 0.259 e. The zero-order valence-electron chi connectivity index (χ0n) is 18.6. The van der Waals surface area contributed by atoms with E-state index in [0.29, 0.717) is 34.6 Å². The molecule has 8 nitrogen and oxygen atoms in total. The number of sulfone groups is 1. The summed E-state index contributed by atoms with van der Waals surface area (Å²) in [6, 6.07) is 10.4. The van der Waals surface area contributed by atoms with Gasteiger partial charge in [-0.05, 0) is 68.7 Å². The van der Waals surface area contributed by atoms with Gasteiger partial charge < -0.3 is 9.32 Å². The fourth-order valence-corrected chi connectivity index (χ4v) is 4.96. The highest BCUT2D eigenvalue weighted by molar-refractivity contribution is 7.90. The third-order valence-corrected chi connectivity index (χ3v) is 7.01. The van der Waals surface area contributed by atoms with Crippen LogP contribution >= 0.6 is 0 Å². The van der Waals surface area contributed by atoms with Crippen molar-refractivity contribution >= 4 is 32.5 Å². The number of carbonyl (C=O) groups excluding carboxylic acids is 1. The van der Waals surface area contributed by atoms with Crippen LogP contribution in [0.1, 0.15) is 42.2 Å². The SMILES string of the molecule is CC(C)n1ncc2c(C(=O)N3CCCc4cc(S(C)(=O)=O)ccc43)cc(-c3ccco3)nc21. The number of anilines is 1. The van der Waals surface area contributed by atoms with Crippen LogP contribution in [0.15, 0.2) is 58.2 Å². The number of rotatable bonds is 4. The summed E-state index contributed by atoms with van der Waals surface area (Å²) in [4.78, 5) is 20.6. The quantitative estimate of drug-likeness (QED) is 0.447. The molecule has 0 saturated heterocycles. The first kappa shape index (κ1) is 21.4. The number of benzene rings is 1. The van der Waals surface area contributed by atoms with Crippen LogP contribution in [0.4, 0.5) is 5.69 Å². The number of pyridine rings is 1. The van der Waals surface area contributed by atoms with E-state index in [2.05, 4.69) is 5.10 Å². The summed E-state index contributed by atoms with van der Waals surface area (Å²) in [6.45, 7) is 4.56. The zero-order chi connectivity index (χ0) is 23.3. The molecule has 0 atom stereocenters. The molecule has 9 heteroatoms. The molecule has 4 heterocycles. The van der Waals surface area contributed by atoms with E-state index in [0.717, 1.165) is 24.1 Å². The number of hydrogen-bond donors (Lipinski definition) is 0. The van der Waals surface area contributed by atoms with E-state index in [1.54, 1.807) is 58.4 Å². The molecule has 33 heavy (non-hydrogen) atoms. The molecule has 0 aliphatic carbocycles. The van der Waals surface area contributed by atoms with Gasteiger partial charge in [-0.25, -0.2) is 18.1 Å². The van der Waals surface area contributed by atoms with E-state index < -0.39 is 9.84 Å². The van der Waals surface area contributed by atoms with Crippen molar-refractivity contribution in [1.82, 2.24) is 14.8 Å². The Balaban J connectivity index is 1.65. The molecule has 1 amide bonds. The van der Waals surface area contributed by atoms with Gasteiger partial charge in [-0.2, -0.15) is 5.10 Å². The molecule has 5 rings (SSSR count). The maximum absolute atomic E-state index is 13.9. The maximum atomic E-state index is 13.9. The lowest BCUT2D eigenvalue weighted by Crippen LogP contribution is -2.35. The van der Waals surface area contributed by atoms with Crippen molar-refractivity contribution in [2.75, 3.05) is 17.7 Å². The largest absolute Gasteiger partial charge is 0.463 e. The van der Waals surface area contributed by atoms with Gasteiger partial charge in [0.15, 0.2) is 21.2 Å². The topological polar surface area (TPSA) is 98.3 Å². The molecule has 1 aliphatic heterocycles. The lowest BCUT2D eigenvalue weighted by molar-refractivity contribution is 0.0986. The molecule has 4 aromatic rings. The molecule has 0 saturated carbocycles. The Hall–Kier alpha value is -3.46. The predicted octanol–water partition coefficient (Wildman–Crippen LogP) is 4.27. The average Bonchev–Trinajstić information content (AvgIpc) is 3.46. The molecule has 0 N–H and O–H groups in total. The molecule has 0 radical (unpaired) electrons. The van der Waals surface area contributed by atoms with Crippen LogP contribution in [-0.4, -0.2) is 41.9 Å². The van der Waals surface area contributed by atoms with E-state index in [4.69, 9.17) is 9.40 Å². The molecule has 1 aromatic carbocycles. The summed E-state index contributed by atoms with van der Waals surface area (Å²) in [5.74, 6) is 0.394. The number of aromatic nitrogens is 3. The molecule has 3 aromatic heterocycles. The van der Waals surface area contributed by atoms with Gasteiger partial charge in [0, 0.05) is 24.5 Å². The van der Waals surface area contributed by atoms with Gasteiger partial charge in [-0.1, -0.05) is 0 Å². The molecule has 170 valence electrons. The van der Waals surface area contributed by atoms with Crippen molar-refractivity contribution in [2.24, 2.45) is 0 Å². The van der Waals surface area contributed by atoms with Crippen molar-refractivity contribution in [1.29, 1.82) is 0 Å². The minimum Gasteiger partial charge on any atom is -0.463 e. The Bertz CT molecular complexity index is 1470. The van der Waals surface area contributed by atoms with Crippen molar-refractivity contribution < 1.29 is 17.6 Å². The molecular weight excluding hydrogens is 440 g/mol. The highest BCUT2D eigenvalue weighted by Gasteiger charge is 2.28. The number of amides is 1. The third-order valence-electron chi connectivity index (χ3n) is 5.90. The molecule has 1 aliphatic rings. The standard InChI is InChI=1S/C24H24N4O4S/c1-15(2)28-23-19(14-25-28)18(13-20(26-23)22-7-5-11-32-22)24(29)27-10-4-6-16-12-17(33(3,30)31)8-9-21(16)27/h5,7-9,11-15H,4,6,10H2,1-3H3. The Morgan fingerprint density at radius 2 is 2.00 bits per heavy atom. The van der Waals surface area contributed by atoms with Crippen molar-refractivity contribution in [2.45, 2.75) is 37.6 Å². The first-order chi connectivity index (χ1) is 15.7. The smallest absolute Gasteiger partial charge is 0.259 e. The second-order valence-corrected chi connectivity index (χ2v) is 10.6. The average molecular weight is 465 g/mol. The lowest BCUT2D eigenvalue weighted by atomic mass is 10.00. The molecular formula is C24H24N4O4S. The summed E-state index contributed by atoms with van der Waals surface area (Å²) >= 11 is 0. The van der Waals surface area contributed by atoms with Gasteiger partial charge in [0.25, 0.3) is 5.91 Å². The summed E-state index contributed by atoms with van der Waals surface area (Å²) in [5, 5.41) is 5.14. The number of carbonyl (C=O) groups is 1. The van der Waals surface area contributed by atoms with E-state index >= 15 is 0 Å². The van der Waals surface area contributed by atoms with Gasteiger partial charge in [0.1, 0.15) is 5.69 Å². The van der Waals surface area contributed by atoms with Crippen molar-refractivity contribution in [3.63, 3.8) is 0 Å². The lowest BCUT2D eigenvalue weighted by Gasteiger charge is -2.30. The van der Waals surface area contributed by atoms with Crippen LogP contribution in [0.25, 0.3) is 22.5 Å². The van der Waals surface area contributed by atoms with Gasteiger partial charge in [0.2, 0.25) is 0 Å². The normalized spacial score (nSPS) is 14.1. The monoisotopic (exact) mass is 464 g/mol. The fraction of sp³-hybridized carbons (Fsp3) is 0.292. The summed E-state index contributed by atoms with van der Waals surface area (Å²) in [5.41, 5.74) is 3.25. The number of aryl methyl sites for hydroxylation is 1. The van der Waals surface area contributed by atoms with Crippen molar-refractivity contribution in [3.8, 4) is 11.5 Å². The fourth-order valence-electron chi connectivity index (χ4n) is 4.28. The molecule has 0 unspecified atom stereocenters. The van der Waals surface area contributed by atoms with Gasteiger partial charge in [-0.3, -0.25) is 4.79 Å². The molecule has 0 spiro atoms. The summed E-state index contributed by atoms with van der Waals surface area (Å²) < 4.78 is 31.4. The number of furan rings is 1. The van der Waals surface area contributed by atoms with Gasteiger partial charge in [-0.15, -0.1) is 0 Å². The Labute approximate surface area is 191 Å². The Morgan fingerprint density at radius 3 is 2.70 bits per heavy atom. The van der Waals surface area contributed by atoms with E-state index in [1.165, 1.54) is 6.26 Å². The second kappa shape index (κ2) is 7.84. The minimum absolute atomic E-state index is 0.0647. The van der Waals surface area contributed by atoms with E-state index in [-0.39, 0.29) is 16.8 Å². The predicted molar refractivity (Wildman–Crippen MR) is 125 cm³/mol. The Morgan fingerprint density at radius 1 is 1.18 bits per heavy atom. The van der Waals surface area contributed by atoms with Crippen molar-refractivity contribution in [3.05, 3.63) is 60.0 Å². The highest BCUT2D eigenvalue weighted by Crippen LogP contribution is 2.33. The second-order valence-electron chi connectivity index (χ2n) is 8.58. The van der Waals surface area contributed by atoms with Crippen LogP contribution in [0.2, 0.25) is 0 Å². The molecule has 0 fully saturated rings.